The van der Waals surface area contributed by atoms with E-state index in [4.69, 9.17) is 5.73 Å². The molecule has 1 fully saturated rings. The maximum absolute atomic E-state index is 13.8. The molecule has 0 atom stereocenters. The predicted molar refractivity (Wildman–Crippen MR) is 88.8 cm³/mol. The molecular formula is C15H17FN6O2. The summed E-state index contributed by atoms with van der Waals surface area (Å²) in [5.74, 6) is -0.576. The molecule has 0 aliphatic carbocycles. The number of hydrogen-bond acceptors (Lipinski definition) is 7. The molecule has 0 saturated carbocycles. The number of aromatic nitrogens is 2. The number of nitrogens with two attached hydrogens (primary N) is 1. The summed E-state index contributed by atoms with van der Waals surface area (Å²) in [7, 11) is 0. The predicted octanol–water partition coefficient (Wildman–Crippen LogP) is 2.84. The van der Waals surface area contributed by atoms with Crippen molar-refractivity contribution in [2.75, 3.05) is 29.0 Å². The Morgan fingerprint density at radius 3 is 2.58 bits per heavy atom. The maximum atomic E-state index is 13.8. The third-order valence-electron chi connectivity index (χ3n) is 3.85. The van der Waals surface area contributed by atoms with E-state index in [0.717, 1.165) is 32.4 Å². The van der Waals surface area contributed by atoms with E-state index in [2.05, 4.69) is 15.3 Å². The number of para-hydroxylation sites is 1. The topological polar surface area (TPSA) is 110 Å². The number of nitrogen functional groups attached to an aromatic ring is 1. The van der Waals surface area contributed by atoms with Gasteiger partial charge in [0.2, 0.25) is 17.6 Å². The van der Waals surface area contributed by atoms with Crippen molar-refractivity contribution in [2.45, 2.75) is 19.3 Å². The summed E-state index contributed by atoms with van der Waals surface area (Å²) in [6.07, 6.45) is 3.12. The Hall–Kier alpha value is -2.97. The summed E-state index contributed by atoms with van der Waals surface area (Å²) in [6, 6.07) is 5.87. The molecule has 3 N–H and O–H groups in total. The van der Waals surface area contributed by atoms with Crippen LogP contribution in [0.15, 0.2) is 24.3 Å². The number of halogens is 1. The second-order valence-corrected chi connectivity index (χ2v) is 5.52. The number of nitrogens with one attached hydrogen (secondary N) is 1. The van der Waals surface area contributed by atoms with Gasteiger partial charge in [0.25, 0.3) is 0 Å². The van der Waals surface area contributed by atoms with Crippen LogP contribution in [0.1, 0.15) is 19.3 Å². The molecule has 2 aromatic rings. The van der Waals surface area contributed by atoms with Crippen LogP contribution in [0, 0.1) is 15.9 Å². The van der Waals surface area contributed by atoms with E-state index in [-0.39, 0.29) is 17.3 Å². The first-order chi connectivity index (χ1) is 11.6. The quantitative estimate of drug-likeness (QED) is 0.654. The van der Waals surface area contributed by atoms with Crippen molar-refractivity contribution in [3.63, 3.8) is 0 Å². The standard InChI is InChI=1S/C15H17FN6O2/c16-10-6-2-3-7-11(10)18-14-12(22(23)24)13(17)19-15(20-14)21-8-4-1-5-9-21/h2-3,6-7H,1,4-5,8-9H2,(H3,17,18,19,20). The molecule has 1 saturated heterocycles. The van der Waals surface area contributed by atoms with Gasteiger partial charge in [-0.15, -0.1) is 0 Å². The molecule has 1 aromatic heterocycles. The lowest BCUT2D eigenvalue weighted by molar-refractivity contribution is -0.383. The first kappa shape index (κ1) is 15.9. The zero-order chi connectivity index (χ0) is 17.1. The summed E-state index contributed by atoms with van der Waals surface area (Å²) in [5.41, 5.74) is 5.40. The lowest BCUT2D eigenvalue weighted by Gasteiger charge is -2.27. The van der Waals surface area contributed by atoms with Gasteiger partial charge in [0.05, 0.1) is 10.6 Å². The summed E-state index contributed by atoms with van der Waals surface area (Å²) in [6.45, 7) is 1.52. The lowest BCUT2D eigenvalue weighted by atomic mass is 10.1. The lowest BCUT2D eigenvalue weighted by Crippen LogP contribution is -2.31. The zero-order valence-electron chi connectivity index (χ0n) is 12.9. The van der Waals surface area contributed by atoms with Crippen LogP contribution in [0.3, 0.4) is 0 Å². The van der Waals surface area contributed by atoms with Crippen LogP contribution in [-0.2, 0) is 0 Å². The molecule has 126 valence electrons. The highest BCUT2D eigenvalue weighted by molar-refractivity contribution is 5.74. The number of nitro groups is 1. The Morgan fingerprint density at radius 2 is 1.92 bits per heavy atom. The van der Waals surface area contributed by atoms with Crippen molar-refractivity contribution in [1.29, 1.82) is 0 Å². The van der Waals surface area contributed by atoms with Crippen molar-refractivity contribution < 1.29 is 9.31 Å². The molecule has 9 heteroatoms. The van der Waals surface area contributed by atoms with Crippen molar-refractivity contribution in [1.82, 2.24) is 9.97 Å². The minimum Gasteiger partial charge on any atom is -0.378 e. The van der Waals surface area contributed by atoms with E-state index in [9.17, 15) is 14.5 Å². The molecule has 1 aromatic carbocycles. The normalized spacial score (nSPS) is 14.5. The van der Waals surface area contributed by atoms with E-state index in [0.29, 0.717) is 5.95 Å². The second-order valence-electron chi connectivity index (χ2n) is 5.52. The van der Waals surface area contributed by atoms with Crippen molar-refractivity contribution in [3.8, 4) is 0 Å². The number of benzene rings is 1. The van der Waals surface area contributed by atoms with E-state index < -0.39 is 16.4 Å². The van der Waals surface area contributed by atoms with Gasteiger partial charge in [0, 0.05) is 13.1 Å². The smallest absolute Gasteiger partial charge is 0.353 e. The highest BCUT2D eigenvalue weighted by Gasteiger charge is 2.26. The van der Waals surface area contributed by atoms with Crippen LogP contribution in [0.2, 0.25) is 0 Å². The summed E-state index contributed by atoms with van der Waals surface area (Å²) >= 11 is 0. The van der Waals surface area contributed by atoms with Gasteiger partial charge in [-0.05, 0) is 31.4 Å². The Morgan fingerprint density at radius 1 is 1.21 bits per heavy atom. The fourth-order valence-corrected chi connectivity index (χ4v) is 2.65. The fraction of sp³-hybridized carbons (Fsp3) is 0.333. The van der Waals surface area contributed by atoms with E-state index in [1.165, 1.54) is 18.2 Å². The molecule has 3 rings (SSSR count). The van der Waals surface area contributed by atoms with Gasteiger partial charge in [-0.1, -0.05) is 12.1 Å². The Balaban J connectivity index is 2.02. The van der Waals surface area contributed by atoms with Gasteiger partial charge in [0.15, 0.2) is 0 Å². The molecule has 24 heavy (non-hydrogen) atoms. The first-order valence-corrected chi connectivity index (χ1v) is 7.64. The van der Waals surface area contributed by atoms with Crippen LogP contribution >= 0.6 is 0 Å². The molecule has 0 unspecified atom stereocenters. The zero-order valence-corrected chi connectivity index (χ0v) is 12.9. The first-order valence-electron chi connectivity index (χ1n) is 7.64. The molecule has 0 bridgehead atoms. The van der Waals surface area contributed by atoms with Crippen molar-refractivity contribution in [3.05, 3.63) is 40.2 Å². The van der Waals surface area contributed by atoms with Crippen LogP contribution in [0.4, 0.5) is 33.3 Å². The van der Waals surface area contributed by atoms with Gasteiger partial charge in [-0.3, -0.25) is 10.1 Å². The molecule has 1 aliphatic rings. The van der Waals surface area contributed by atoms with E-state index in [1.807, 2.05) is 4.90 Å². The molecule has 8 nitrogen and oxygen atoms in total. The fourth-order valence-electron chi connectivity index (χ4n) is 2.65. The van der Waals surface area contributed by atoms with Crippen LogP contribution in [-0.4, -0.2) is 28.0 Å². The highest BCUT2D eigenvalue weighted by Crippen LogP contribution is 2.33. The molecule has 0 spiro atoms. The average Bonchev–Trinajstić information content (AvgIpc) is 2.57. The van der Waals surface area contributed by atoms with E-state index in [1.54, 1.807) is 6.07 Å². The minimum absolute atomic E-state index is 0.0864. The van der Waals surface area contributed by atoms with Crippen LogP contribution in [0.5, 0.6) is 0 Å². The molecule has 1 aliphatic heterocycles. The van der Waals surface area contributed by atoms with Crippen molar-refractivity contribution in [2.24, 2.45) is 0 Å². The number of anilines is 4. The van der Waals surface area contributed by atoms with Gasteiger partial charge in [-0.2, -0.15) is 9.97 Å². The SMILES string of the molecule is Nc1nc(N2CCCCC2)nc(Nc2ccccc2F)c1[N+](=O)[O-]. The van der Waals surface area contributed by atoms with Crippen molar-refractivity contribution >= 4 is 29.0 Å². The second kappa shape index (κ2) is 6.65. The minimum atomic E-state index is -0.668. The maximum Gasteiger partial charge on any atom is 0.353 e. The highest BCUT2D eigenvalue weighted by atomic mass is 19.1. The molecule has 0 radical (unpaired) electrons. The van der Waals surface area contributed by atoms with Gasteiger partial charge >= 0.3 is 5.69 Å². The third-order valence-corrected chi connectivity index (χ3v) is 3.85. The summed E-state index contributed by atoms with van der Waals surface area (Å²) < 4.78 is 13.8. The third kappa shape index (κ3) is 3.19. The monoisotopic (exact) mass is 332 g/mol. The number of hydrogen-bond donors (Lipinski definition) is 2. The number of nitrogens with zero attached hydrogens (tertiary/aromatic N) is 4. The average molecular weight is 332 g/mol. The summed E-state index contributed by atoms with van der Waals surface area (Å²) in [4.78, 5) is 20.9. The molecule has 2 heterocycles. The Labute approximate surface area is 137 Å². The molecular weight excluding hydrogens is 315 g/mol. The van der Waals surface area contributed by atoms with Gasteiger partial charge in [-0.25, -0.2) is 4.39 Å². The van der Waals surface area contributed by atoms with Crippen LogP contribution in [0.25, 0.3) is 0 Å². The summed E-state index contributed by atoms with van der Waals surface area (Å²) in [5, 5.41) is 14.0. The van der Waals surface area contributed by atoms with E-state index >= 15 is 0 Å². The Bertz CT molecular complexity index is 764. The Kier molecular flexibility index (Phi) is 4.41. The van der Waals surface area contributed by atoms with Crippen LogP contribution < -0.4 is 16.0 Å². The van der Waals surface area contributed by atoms with Gasteiger partial charge < -0.3 is 16.0 Å². The largest absolute Gasteiger partial charge is 0.378 e. The number of piperidine rings is 1. The van der Waals surface area contributed by atoms with Gasteiger partial charge in [0.1, 0.15) is 5.82 Å². The number of rotatable bonds is 4. The molecule has 0 amide bonds.